The van der Waals surface area contributed by atoms with Crippen molar-refractivity contribution in [3.05, 3.63) is 0 Å². The highest BCUT2D eigenvalue weighted by molar-refractivity contribution is 7.85. The average molecular weight is 501 g/mol. The van der Waals surface area contributed by atoms with Crippen molar-refractivity contribution in [2.75, 3.05) is 12.3 Å². The molecule has 0 radical (unpaired) electrons. The second-order valence-corrected chi connectivity index (χ2v) is 13.8. The zero-order valence-electron chi connectivity index (χ0n) is 20.7. The Balaban J connectivity index is 1.48. The molecule has 0 saturated heterocycles. The molecule has 4 N–H and O–H groups in total. The van der Waals surface area contributed by atoms with Crippen LogP contribution in [0.4, 0.5) is 0 Å². The van der Waals surface area contributed by atoms with Gasteiger partial charge in [-0.2, -0.15) is 0 Å². The first-order valence-electron chi connectivity index (χ1n) is 13.0. The smallest absolute Gasteiger partial charge is 0.220 e. The summed E-state index contributed by atoms with van der Waals surface area (Å²) in [6.07, 6.45) is 4.58. The third kappa shape index (κ3) is 4.56. The topological polar surface area (TPSA) is 147 Å². The molecule has 4 fully saturated rings. The van der Waals surface area contributed by atoms with Gasteiger partial charge in [0, 0.05) is 13.0 Å². The lowest BCUT2D eigenvalue weighted by Gasteiger charge is -2.63. The number of nitrogens with one attached hydrogen (secondary N) is 1. The quantitative estimate of drug-likeness (QED) is 0.405. The van der Waals surface area contributed by atoms with Gasteiger partial charge in [0.15, 0.2) is 0 Å². The largest absolute Gasteiger partial charge is 0.748 e. The Labute approximate surface area is 203 Å². The van der Waals surface area contributed by atoms with Gasteiger partial charge in [-0.3, -0.25) is 4.79 Å². The van der Waals surface area contributed by atoms with Crippen LogP contribution in [0.15, 0.2) is 0 Å². The molecule has 0 bridgehead atoms. The zero-order chi connectivity index (χ0) is 25.1. The molecule has 11 atom stereocenters. The molecule has 8 nitrogen and oxygen atoms in total. The number of hydrogen-bond acceptors (Lipinski definition) is 7. The minimum Gasteiger partial charge on any atom is -0.748 e. The highest BCUT2D eigenvalue weighted by atomic mass is 32.2. The Morgan fingerprint density at radius 1 is 1.09 bits per heavy atom. The predicted octanol–water partition coefficient (Wildman–Crippen LogP) is 1.64. The highest BCUT2D eigenvalue weighted by Crippen LogP contribution is 2.68. The molecular weight excluding hydrogens is 458 g/mol. The van der Waals surface area contributed by atoms with Crippen LogP contribution < -0.4 is 5.32 Å². The van der Waals surface area contributed by atoms with E-state index in [2.05, 4.69) is 19.2 Å². The second kappa shape index (κ2) is 9.29. The Morgan fingerprint density at radius 2 is 1.79 bits per heavy atom. The van der Waals surface area contributed by atoms with E-state index in [0.29, 0.717) is 12.8 Å². The van der Waals surface area contributed by atoms with Crippen LogP contribution in [0.3, 0.4) is 0 Å². The lowest BCUT2D eigenvalue weighted by atomic mass is 9.43. The Kier molecular flexibility index (Phi) is 7.19. The molecule has 0 heterocycles. The second-order valence-electron chi connectivity index (χ2n) is 12.3. The van der Waals surface area contributed by atoms with Gasteiger partial charge in [0.05, 0.1) is 34.2 Å². The predicted molar refractivity (Wildman–Crippen MR) is 125 cm³/mol. The number of carbonyl (C=O) groups is 1. The minimum atomic E-state index is -4.37. The van der Waals surface area contributed by atoms with E-state index in [1.54, 1.807) is 0 Å². The normalized spacial score (nSPS) is 47.3. The van der Waals surface area contributed by atoms with E-state index in [1.807, 2.05) is 6.92 Å². The Bertz CT molecular complexity index is 880. The number of aliphatic hydroxyl groups excluding tert-OH is 3. The van der Waals surface area contributed by atoms with Crippen molar-refractivity contribution in [1.29, 1.82) is 0 Å². The summed E-state index contributed by atoms with van der Waals surface area (Å²) in [5.41, 5.74) is -0.367. The van der Waals surface area contributed by atoms with E-state index in [-0.39, 0.29) is 65.9 Å². The minimum absolute atomic E-state index is 0.0149. The molecule has 0 aromatic rings. The van der Waals surface area contributed by atoms with Crippen molar-refractivity contribution in [1.82, 2.24) is 5.32 Å². The van der Waals surface area contributed by atoms with E-state index in [1.165, 1.54) is 0 Å². The maximum atomic E-state index is 12.4. The third-order valence-electron chi connectivity index (χ3n) is 10.7. The molecule has 4 saturated carbocycles. The monoisotopic (exact) mass is 500 g/mol. The van der Waals surface area contributed by atoms with E-state index in [0.717, 1.165) is 32.1 Å². The van der Waals surface area contributed by atoms with Gasteiger partial charge in [0.25, 0.3) is 0 Å². The molecule has 0 aliphatic heterocycles. The van der Waals surface area contributed by atoms with Crippen LogP contribution in [0.1, 0.15) is 72.1 Å². The fourth-order valence-electron chi connectivity index (χ4n) is 8.95. The summed E-state index contributed by atoms with van der Waals surface area (Å²) < 4.78 is 32.3. The summed E-state index contributed by atoms with van der Waals surface area (Å²) in [5.74, 6) is 0.0231. The van der Waals surface area contributed by atoms with Crippen molar-refractivity contribution in [3.63, 3.8) is 0 Å². The number of amides is 1. The van der Waals surface area contributed by atoms with Gasteiger partial charge in [-0.05, 0) is 91.3 Å². The molecule has 34 heavy (non-hydrogen) atoms. The van der Waals surface area contributed by atoms with Crippen LogP contribution in [-0.4, -0.2) is 64.8 Å². The SMILES string of the molecule is C[C@H](CC(=O)NCCS(=O)(=O)[O-])[C@H]1CC[C@H]2[C@@H]3[C@H](O)C[C@@H]4C[C@H](O)CC[C@]4(C)[C@H]3C[C@H](O)[C@]12C. The molecule has 196 valence electrons. The van der Waals surface area contributed by atoms with Crippen molar-refractivity contribution in [3.8, 4) is 0 Å². The lowest BCUT2D eigenvalue weighted by molar-refractivity contribution is -0.207. The molecule has 4 aliphatic rings. The summed E-state index contributed by atoms with van der Waals surface area (Å²) >= 11 is 0. The first kappa shape index (κ1) is 26.3. The number of carbonyl (C=O) groups excluding carboxylic acids is 1. The van der Waals surface area contributed by atoms with Crippen LogP contribution in [0.5, 0.6) is 0 Å². The number of aliphatic hydroxyl groups is 3. The maximum absolute atomic E-state index is 12.4. The van der Waals surface area contributed by atoms with E-state index < -0.39 is 33.5 Å². The van der Waals surface area contributed by atoms with Crippen molar-refractivity contribution in [2.45, 2.75) is 90.4 Å². The molecule has 4 rings (SSSR count). The average Bonchev–Trinajstić information content (AvgIpc) is 3.08. The van der Waals surface area contributed by atoms with E-state index >= 15 is 0 Å². The first-order chi connectivity index (χ1) is 15.8. The van der Waals surface area contributed by atoms with Gasteiger partial charge in [-0.15, -0.1) is 0 Å². The Morgan fingerprint density at radius 3 is 2.47 bits per heavy atom. The van der Waals surface area contributed by atoms with Gasteiger partial charge in [-0.25, -0.2) is 8.42 Å². The molecule has 0 aromatic heterocycles. The zero-order valence-corrected chi connectivity index (χ0v) is 21.5. The van der Waals surface area contributed by atoms with Crippen molar-refractivity contribution >= 4 is 16.0 Å². The van der Waals surface area contributed by atoms with Crippen LogP contribution in [0.2, 0.25) is 0 Å². The molecule has 1 amide bonds. The highest BCUT2D eigenvalue weighted by Gasteiger charge is 2.65. The number of fused-ring (bicyclic) bond motifs is 5. The Hall–Kier alpha value is -0.740. The molecule has 0 spiro atoms. The summed E-state index contributed by atoms with van der Waals surface area (Å²) in [5, 5.41) is 35.7. The van der Waals surface area contributed by atoms with Crippen LogP contribution in [0, 0.1) is 46.3 Å². The standard InChI is InChI=1S/C25H43NO7S/c1-14(10-22(30)26-8-9-34(31,32)33)17-4-5-18-23-19(13-21(29)25(17,18)3)24(2)7-6-16(27)11-15(24)12-20(23)28/h14-21,23,27-29H,4-13H2,1-3H3,(H,26,30)(H,31,32,33)/p-1/t14-,15+,16-,17-,18+,19+,20-,21+,23+,24+,25-/m1/s1. The van der Waals surface area contributed by atoms with Gasteiger partial charge in [0.1, 0.15) is 0 Å². The van der Waals surface area contributed by atoms with Gasteiger partial charge in [-0.1, -0.05) is 20.8 Å². The number of hydrogen-bond donors (Lipinski definition) is 4. The molecule has 0 unspecified atom stereocenters. The lowest BCUT2D eigenvalue weighted by Crippen LogP contribution is -2.62. The number of rotatable bonds is 6. The van der Waals surface area contributed by atoms with Crippen LogP contribution >= 0.6 is 0 Å². The van der Waals surface area contributed by atoms with Gasteiger partial charge >= 0.3 is 0 Å². The van der Waals surface area contributed by atoms with Crippen molar-refractivity contribution < 1.29 is 33.1 Å². The van der Waals surface area contributed by atoms with Crippen LogP contribution in [-0.2, 0) is 14.9 Å². The van der Waals surface area contributed by atoms with E-state index in [4.69, 9.17) is 0 Å². The van der Waals surface area contributed by atoms with Crippen LogP contribution in [0.25, 0.3) is 0 Å². The first-order valence-corrected chi connectivity index (χ1v) is 14.6. The molecule has 9 heteroatoms. The third-order valence-corrected chi connectivity index (χ3v) is 11.4. The van der Waals surface area contributed by atoms with Crippen molar-refractivity contribution in [2.24, 2.45) is 46.3 Å². The molecular formula is C25H42NO7S-. The summed E-state index contributed by atoms with van der Waals surface area (Å²) in [6, 6.07) is 0. The molecule has 4 aliphatic carbocycles. The van der Waals surface area contributed by atoms with E-state index in [9.17, 15) is 33.1 Å². The van der Waals surface area contributed by atoms with Gasteiger partial charge in [0.2, 0.25) is 5.91 Å². The molecule has 0 aromatic carbocycles. The summed E-state index contributed by atoms with van der Waals surface area (Å²) in [6.45, 7) is 6.28. The summed E-state index contributed by atoms with van der Waals surface area (Å²) in [4.78, 5) is 12.4. The van der Waals surface area contributed by atoms with Gasteiger partial charge < -0.3 is 25.2 Å². The maximum Gasteiger partial charge on any atom is 0.220 e. The fraction of sp³-hybridized carbons (Fsp3) is 0.960. The summed E-state index contributed by atoms with van der Waals surface area (Å²) in [7, 11) is -4.37. The fourth-order valence-corrected chi connectivity index (χ4v) is 9.31.